The molecule has 7 heteroatoms. The van der Waals surface area contributed by atoms with Crippen LogP contribution in [0.2, 0.25) is 0 Å². The first-order chi connectivity index (χ1) is 9.37. The van der Waals surface area contributed by atoms with Gasteiger partial charge in [-0.3, -0.25) is 4.79 Å². The number of hydrogen-bond acceptors (Lipinski definition) is 4. The van der Waals surface area contributed by atoms with Gasteiger partial charge in [0.1, 0.15) is 18.4 Å². The second-order valence-electron chi connectivity index (χ2n) is 5.18. The maximum atomic E-state index is 12.9. The molecule has 1 aromatic rings. The average molecular weight is 283 g/mol. The molecule has 0 aromatic heterocycles. The molecule has 1 saturated heterocycles. The lowest BCUT2D eigenvalue weighted by atomic mass is 10.1. The first-order valence-electron chi connectivity index (χ1n) is 6.30. The molecule has 0 bridgehead atoms. The molecule has 2 heterocycles. The number of carbonyl (C=O) groups is 1. The van der Waals surface area contributed by atoms with E-state index in [9.17, 15) is 13.6 Å². The second-order valence-corrected chi connectivity index (χ2v) is 5.18. The molecular formula is C13H15F2N3O2. The molecule has 0 spiro atoms. The van der Waals surface area contributed by atoms with Gasteiger partial charge in [0.25, 0.3) is 5.92 Å². The molecule has 0 aliphatic carbocycles. The minimum atomic E-state index is -2.63. The van der Waals surface area contributed by atoms with Crippen LogP contribution in [0, 0.1) is 0 Å². The summed E-state index contributed by atoms with van der Waals surface area (Å²) in [5.74, 6) is -2.35. The number of benzene rings is 1. The average Bonchev–Trinajstić information content (AvgIpc) is 2.49. The van der Waals surface area contributed by atoms with Gasteiger partial charge < -0.3 is 20.3 Å². The fourth-order valence-corrected chi connectivity index (χ4v) is 2.40. The number of ether oxygens (including phenoxy) is 1. The Balaban J connectivity index is 1.91. The van der Waals surface area contributed by atoms with Crippen molar-refractivity contribution in [2.75, 3.05) is 36.5 Å². The van der Waals surface area contributed by atoms with Crippen LogP contribution in [0.1, 0.15) is 0 Å². The lowest BCUT2D eigenvalue weighted by molar-refractivity contribution is -0.119. The monoisotopic (exact) mass is 283 g/mol. The van der Waals surface area contributed by atoms with E-state index in [4.69, 9.17) is 10.5 Å². The van der Waals surface area contributed by atoms with Crippen LogP contribution in [-0.2, 0) is 4.79 Å². The predicted octanol–water partition coefficient (Wildman–Crippen LogP) is 0.824. The number of alkyl halides is 2. The van der Waals surface area contributed by atoms with Crippen molar-refractivity contribution in [2.45, 2.75) is 12.0 Å². The summed E-state index contributed by atoms with van der Waals surface area (Å²) in [5, 5.41) is 0. The third-order valence-electron chi connectivity index (χ3n) is 3.58. The first-order valence-corrected chi connectivity index (χ1v) is 6.30. The highest BCUT2D eigenvalue weighted by atomic mass is 19.3. The molecule has 1 aromatic carbocycles. The Morgan fingerprint density at radius 2 is 2.10 bits per heavy atom. The zero-order valence-electron chi connectivity index (χ0n) is 11.0. The van der Waals surface area contributed by atoms with Crippen molar-refractivity contribution >= 4 is 17.3 Å². The summed E-state index contributed by atoms with van der Waals surface area (Å²) in [7, 11) is 1.60. The van der Waals surface area contributed by atoms with Crippen LogP contribution in [0.15, 0.2) is 18.2 Å². The molecule has 0 saturated carbocycles. The van der Waals surface area contributed by atoms with Gasteiger partial charge in [-0.1, -0.05) is 0 Å². The molecule has 1 fully saturated rings. The second kappa shape index (κ2) is 4.31. The van der Waals surface area contributed by atoms with Gasteiger partial charge in [-0.05, 0) is 18.2 Å². The Hall–Kier alpha value is -1.89. The first kappa shape index (κ1) is 13.1. The summed E-state index contributed by atoms with van der Waals surface area (Å²) >= 11 is 0. The molecule has 2 aliphatic heterocycles. The number of fused-ring (bicyclic) bond motifs is 1. The molecule has 1 amide bonds. The van der Waals surface area contributed by atoms with Crippen LogP contribution in [0.3, 0.4) is 0 Å². The summed E-state index contributed by atoms with van der Waals surface area (Å²) in [6, 6.07) is 4.36. The van der Waals surface area contributed by atoms with Gasteiger partial charge in [0.2, 0.25) is 5.91 Å². The maximum absolute atomic E-state index is 12.9. The van der Waals surface area contributed by atoms with E-state index in [1.165, 1.54) is 4.90 Å². The molecule has 5 nitrogen and oxygen atoms in total. The fourth-order valence-electron chi connectivity index (χ4n) is 2.40. The van der Waals surface area contributed by atoms with E-state index in [2.05, 4.69) is 0 Å². The number of nitrogens with zero attached hydrogens (tertiary/aromatic N) is 2. The molecular weight excluding hydrogens is 268 g/mol. The van der Waals surface area contributed by atoms with Crippen molar-refractivity contribution in [1.82, 2.24) is 0 Å². The normalized spacial score (nSPS) is 24.6. The fraction of sp³-hybridized carbons (Fsp3) is 0.462. The molecule has 20 heavy (non-hydrogen) atoms. The summed E-state index contributed by atoms with van der Waals surface area (Å²) in [6.07, 6.45) is 0. The third-order valence-corrected chi connectivity index (χ3v) is 3.58. The molecule has 1 atom stereocenters. The highest BCUT2D eigenvalue weighted by Crippen LogP contribution is 2.38. The molecule has 0 radical (unpaired) electrons. The number of carbonyl (C=O) groups excluding carboxylic acids is 1. The van der Waals surface area contributed by atoms with E-state index in [1.54, 1.807) is 30.1 Å². The number of rotatable bonds is 1. The molecule has 0 unspecified atom stereocenters. The van der Waals surface area contributed by atoms with E-state index in [1.807, 2.05) is 0 Å². The van der Waals surface area contributed by atoms with Crippen LogP contribution in [0.4, 0.5) is 20.2 Å². The van der Waals surface area contributed by atoms with Crippen LogP contribution in [0.25, 0.3) is 0 Å². The van der Waals surface area contributed by atoms with Crippen LogP contribution >= 0.6 is 0 Å². The smallest absolute Gasteiger partial charge is 0.282 e. The standard InChI is InChI=1S/C13H15F2N3O2/c1-17-10-4-8(18-6-13(14,15)7-18)2-3-11(10)20-5-9(16)12(17)19/h2-4,9H,5-7,16H2,1H3/t9-/m0/s1. The van der Waals surface area contributed by atoms with E-state index in [0.717, 1.165) is 0 Å². The van der Waals surface area contributed by atoms with Crippen molar-refractivity contribution in [3.05, 3.63) is 18.2 Å². The topological polar surface area (TPSA) is 58.8 Å². The quantitative estimate of drug-likeness (QED) is 0.829. The highest BCUT2D eigenvalue weighted by Gasteiger charge is 2.44. The van der Waals surface area contributed by atoms with Crippen molar-refractivity contribution in [3.63, 3.8) is 0 Å². The minimum absolute atomic E-state index is 0.108. The summed E-state index contributed by atoms with van der Waals surface area (Å²) in [6.45, 7) is -0.495. The van der Waals surface area contributed by atoms with E-state index in [-0.39, 0.29) is 25.6 Å². The Kier molecular flexibility index (Phi) is 2.82. The lowest BCUT2D eigenvalue weighted by Crippen LogP contribution is -2.56. The van der Waals surface area contributed by atoms with Crippen LogP contribution in [0.5, 0.6) is 5.75 Å². The van der Waals surface area contributed by atoms with Crippen molar-refractivity contribution in [2.24, 2.45) is 5.73 Å². The molecule has 108 valence electrons. The van der Waals surface area contributed by atoms with E-state index >= 15 is 0 Å². The van der Waals surface area contributed by atoms with Crippen LogP contribution < -0.4 is 20.3 Å². The Labute approximate surface area is 114 Å². The molecule has 2 aliphatic rings. The SMILES string of the molecule is CN1C(=O)[C@@H](N)COc2ccc(N3CC(F)(F)C3)cc21. The largest absolute Gasteiger partial charge is 0.489 e. The molecule has 3 rings (SSSR count). The number of anilines is 2. The van der Waals surface area contributed by atoms with Crippen LogP contribution in [-0.4, -0.2) is 44.6 Å². The van der Waals surface area contributed by atoms with Crippen molar-refractivity contribution in [3.8, 4) is 5.75 Å². The summed E-state index contributed by atoms with van der Waals surface area (Å²) in [4.78, 5) is 14.9. The number of halogens is 2. The number of nitrogens with two attached hydrogens (primary N) is 1. The van der Waals surface area contributed by atoms with Gasteiger partial charge in [0.05, 0.1) is 18.8 Å². The number of hydrogen-bond donors (Lipinski definition) is 1. The zero-order valence-corrected chi connectivity index (χ0v) is 11.0. The zero-order chi connectivity index (χ0) is 14.5. The number of amides is 1. The van der Waals surface area contributed by atoms with Gasteiger partial charge in [-0.2, -0.15) is 0 Å². The van der Waals surface area contributed by atoms with Crippen molar-refractivity contribution in [1.29, 1.82) is 0 Å². The van der Waals surface area contributed by atoms with Gasteiger partial charge in [-0.15, -0.1) is 0 Å². The highest BCUT2D eigenvalue weighted by molar-refractivity contribution is 5.99. The van der Waals surface area contributed by atoms with Crippen molar-refractivity contribution < 1.29 is 18.3 Å². The number of likely N-dealkylation sites (N-methyl/N-ethyl adjacent to an activating group) is 1. The Bertz CT molecular complexity index is 557. The maximum Gasteiger partial charge on any atom is 0.282 e. The van der Waals surface area contributed by atoms with Gasteiger partial charge in [0.15, 0.2) is 0 Å². The molecule has 2 N–H and O–H groups in total. The Morgan fingerprint density at radius 3 is 2.75 bits per heavy atom. The predicted molar refractivity (Wildman–Crippen MR) is 70.5 cm³/mol. The summed E-state index contributed by atoms with van der Waals surface area (Å²) < 4.78 is 31.3. The van der Waals surface area contributed by atoms with Gasteiger partial charge >= 0.3 is 0 Å². The Morgan fingerprint density at radius 1 is 1.40 bits per heavy atom. The van der Waals surface area contributed by atoms with E-state index in [0.29, 0.717) is 17.1 Å². The summed E-state index contributed by atoms with van der Waals surface area (Å²) in [5.41, 5.74) is 6.89. The van der Waals surface area contributed by atoms with E-state index < -0.39 is 12.0 Å². The lowest BCUT2D eigenvalue weighted by Gasteiger charge is -2.40. The van der Waals surface area contributed by atoms with Gasteiger partial charge in [-0.25, -0.2) is 8.78 Å². The third kappa shape index (κ3) is 2.07. The minimum Gasteiger partial charge on any atom is -0.489 e. The van der Waals surface area contributed by atoms with Gasteiger partial charge in [0, 0.05) is 12.7 Å².